The molecule has 3 aliphatic carbocycles. The molecule has 4 rings (SSSR count). The van der Waals surface area contributed by atoms with E-state index in [1.807, 2.05) is 20.8 Å². The van der Waals surface area contributed by atoms with Crippen LogP contribution in [0.2, 0.25) is 0 Å². The quantitative estimate of drug-likeness (QED) is 0.305. The number of hydrogen-bond donors (Lipinski definition) is 4. The molecule has 5 N–H and O–H groups in total. The average molecular weight is 528 g/mol. The van der Waals surface area contributed by atoms with Gasteiger partial charge in [0.1, 0.15) is 5.75 Å². The fourth-order valence-electron chi connectivity index (χ4n) is 6.16. The first-order valence-electron chi connectivity index (χ1n) is 12.3. The number of nitrogens with two attached hydrogens (primary N) is 1. The molecule has 38 heavy (non-hydrogen) atoms. The number of hydrogen-bond acceptors (Lipinski definition) is 10. The van der Waals surface area contributed by atoms with E-state index in [1.54, 1.807) is 6.07 Å². The van der Waals surface area contributed by atoms with Crippen molar-refractivity contribution in [2.24, 2.45) is 29.4 Å². The monoisotopic (exact) mass is 527 g/mol. The standard InChI is InChI=1S/C27H33N3O8/c1-11(29-38-26(2,3)4)13-7-8-16(31)18-14(13)9-12-10-15-20(30(5)6)22(33)19(25(28)36)24(35)27(15,37)23(34)17(12)21(18)32/h7-8,12,15,17,19-20,29,31,37H,1,9-10H2,2-6H3,(H2,28,36)/t12-,15-,17?,19?,20-,27-/m0/s1. The fourth-order valence-corrected chi connectivity index (χ4v) is 6.16. The van der Waals surface area contributed by atoms with E-state index in [1.165, 1.54) is 25.1 Å². The van der Waals surface area contributed by atoms with Crippen LogP contribution in [-0.2, 0) is 30.4 Å². The summed E-state index contributed by atoms with van der Waals surface area (Å²) < 4.78 is 0. The topological polar surface area (TPSA) is 176 Å². The van der Waals surface area contributed by atoms with E-state index in [4.69, 9.17) is 10.6 Å². The molecule has 0 radical (unpaired) electrons. The number of hydroxylamine groups is 1. The van der Waals surface area contributed by atoms with E-state index in [2.05, 4.69) is 12.1 Å². The minimum atomic E-state index is -2.75. The Morgan fingerprint density at radius 2 is 1.82 bits per heavy atom. The SMILES string of the molecule is C=C(NOC(C)(C)C)c1ccc(O)c2c1C[C@H]1C[C@H]3[C@H](N(C)C)C(=O)C(C(N)=O)C(=O)[C@@]3(O)C(=O)C1C2=O. The van der Waals surface area contributed by atoms with E-state index in [-0.39, 0.29) is 24.2 Å². The summed E-state index contributed by atoms with van der Waals surface area (Å²) in [7, 11) is 3.07. The number of fused-ring (bicyclic) bond motifs is 3. The van der Waals surface area contributed by atoms with E-state index in [9.17, 15) is 34.2 Å². The van der Waals surface area contributed by atoms with Gasteiger partial charge < -0.3 is 15.9 Å². The molecule has 0 aromatic heterocycles. The molecule has 6 atom stereocenters. The number of benzene rings is 1. The van der Waals surface area contributed by atoms with Crippen molar-refractivity contribution in [3.05, 3.63) is 35.4 Å². The van der Waals surface area contributed by atoms with Crippen molar-refractivity contribution in [1.29, 1.82) is 0 Å². The first-order valence-corrected chi connectivity index (χ1v) is 12.3. The second-order valence-electron chi connectivity index (χ2n) is 11.6. The molecule has 11 heteroatoms. The number of nitrogens with zero attached hydrogens (tertiary/aromatic N) is 1. The predicted octanol–water partition coefficient (Wildman–Crippen LogP) is 0.157. The molecular weight excluding hydrogens is 494 g/mol. The van der Waals surface area contributed by atoms with Gasteiger partial charge in [-0.1, -0.05) is 6.58 Å². The zero-order valence-corrected chi connectivity index (χ0v) is 22.0. The summed E-state index contributed by atoms with van der Waals surface area (Å²) in [4.78, 5) is 73.1. The van der Waals surface area contributed by atoms with E-state index >= 15 is 0 Å². The number of phenolic OH excluding ortho intramolecular Hbond substituents is 1. The lowest BCUT2D eigenvalue weighted by Crippen LogP contribution is -2.74. The van der Waals surface area contributed by atoms with Crippen LogP contribution in [0.25, 0.3) is 5.70 Å². The number of phenols is 1. The first kappa shape index (κ1) is 27.6. The number of ketones is 4. The van der Waals surface area contributed by atoms with Gasteiger partial charge >= 0.3 is 0 Å². The van der Waals surface area contributed by atoms with Gasteiger partial charge in [-0.25, -0.2) is 0 Å². The molecule has 1 aromatic rings. The maximum atomic E-state index is 13.8. The van der Waals surface area contributed by atoms with Crippen molar-refractivity contribution >= 4 is 34.7 Å². The number of nitrogens with one attached hydrogen (secondary N) is 1. The number of Topliss-reactive ketones (excluding diaryl/α,β-unsaturated/α-hetero) is 4. The Balaban J connectivity index is 1.81. The molecule has 2 fully saturated rings. The smallest absolute Gasteiger partial charge is 0.235 e. The molecule has 0 spiro atoms. The second kappa shape index (κ2) is 9.11. The Morgan fingerprint density at radius 1 is 1.18 bits per heavy atom. The van der Waals surface area contributed by atoms with Crippen molar-refractivity contribution in [1.82, 2.24) is 10.4 Å². The van der Waals surface area contributed by atoms with Crippen LogP contribution in [-0.4, -0.2) is 75.5 Å². The number of likely N-dealkylation sites (N-methyl/N-ethyl adjacent to an activating group) is 1. The third kappa shape index (κ3) is 4.05. The summed E-state index contributed by atoms with van der Waals surface area (Å²) in [5.74, 6) is -10.9. The Morgan fingerprint density at radius 3 is 2.37 bits per heavy atom. The number of amides is 1. The number of carbonyl (C=O) groups is 5. The van der Waals surface area contributed by atoms with E-state index in [0.29, 0.717) is 16.8 Å². The maximum Gasteiger partial charge on any atom is 0.235 e. The van der Waals surface area contributed by atoms with Crippen LogP contribution in [0, 0.1) is 23.7 Å². The molecule has 11 nitrogen and oxygen atoms in total. The van der Waals surface area contributed by atoms with Crippen LogP contribution < -0.4 is 11.2 Å². The Hall–Kier alpha value is -3.41. The molecule has 0 heterocycles. The summed E-state index contributed by atoms with van der Waals surface area (Å²) in [6, 6.07) is 1.73. The highest BCUT2D eigenvalue weighted by Crippen LogP contribution is 2.51. The van der Waals surface area contributed by atoms with Gasteiger partial charge in [0, 0.05) is 11.5 Å². The number of primary amides is 1. The molecule has 1 amide bonds. The molecule has 0 bridgehead atoms. The van der Waals surface area contributed by atoms with Crippen molar-refractivity contribution in [2.45, 2.75) is 50.9 Å². The van der Waals surface area contributed by atoms with Gasteiger partial charge in [-0.05, 0) is 71.3 Å². The molecule has 2 saturated carbocycles. The highest BCUT2D eigenvalue weighted by molar-refractivity contribution is 6.32. The van der Waals surface area contributed by atoms with Crippen molar-refractivity contribution < 1.29 is 39.0 Å². The molecule has 0 aliphatic heterocycles. The van der Waals surface area contributed by atoms with Gasteiger partial charge in [0.15, 0.2) is 34.7 Å². The van der Waals surface area contributed by atoms with Gasteiger partial charge in [-0.15, -0.1) is 0 Å². The third-order valence-electron chi connectivity index (χ3n) is 7.75. The highest BCUT2D eigenvalue weighted by Gasteiger charge is 2.69. The van der Waals surface area contributed by atoms with Gasteiger partial charge in [-0.3, -0.25) is 39.2 Å². The van der Waals surface area contributed by atoms with E-state index < -0.39 is 70.0 Å². The van der Waals surface area contributed by atoms with Gasteiger partial charge in [-0.2, -0.15) is 0 Å². The number of aromatic hydroxyl groups is 1. The fraction of sp³-hybridized carbons (Fsp3) is 0.519. The van der Waals surface area contributed by atoms with Crippen LogP contribution in [0.4, 0.5) is 0 Å². The van der Waals surface area contributed by atoms with Crippen molar-refractivity contribution in [2.75, 3.05) is 14.1 Å². The van der Waals surface area contributed by atoms with Gasteiger partial charge in [0.2, 0.25) is 5.91 Å². The second-order valence-corrected chi connectivity index (χ2v) is 11.6. The largest absolute Gasteiger partial charge is 0.507 e. The minimum absolute atomic E-state index is 0.0304. The molecule has 204 valence electrons. The number of carbonyl (C=O) groups excluding carboxylic acids is 5. The van der Waals surface area contributed by atoms with Crippen LogP contribution in [0.15, 0.2) is 18.7 Å². The van der Waals surface area contributed by atoms with Gasteiger partial charge in [0.05, 0.1) is 28.8 Å². The summed E-state index contributed by atoms with van der Waals surface area (Å²) in [5, 5.41) is 22.2. The Bertz CT molecular complexity index is 1280. The normalized spacial score (nSPS) is 31.0. The Kier molecular flexibility index (Phi) is 6.62. The van der Waals surface area contributed by atoms with Crippen LogP contribution in [0.3, 0.4) is 0 Å². The predicted molar refractivity (Wildman–Crippen MR) is 134 cm³/mol. The molecule has 0 saturated heterocycles. The molecule has 2 unspecified atom stereocenters. The summed E-state index contributed by atoms with van der Waals surface area (Å²) in [6.07, 6.45) is 0.100. The lowest BCUT2D eigenvalue weighted by molar-refractivity contribution is -0.181. The number of aliphatic hydroxyl groups is 1. The first-order chi connectivity index (χ1) is 17.5. The third-order valence-corrected chi connectivity index (χ3v) is 7.75. The average Bonchev–Trinajstić information content (AvgIpc) is 2.79. The molecule has 3 aliphatic rings. The lowest BCUT2D eigenvalue weighted by atomic mass is 9.52. The zero-order chi connectivity index (χ0) is 28.5. The van der Waals surface area contributed by atoms with Gasteiger partial charge in [0.25, 0.3) is 0 Å². The van der Waals surface area contributed by atoms with Crippen LogP contribution >= 0.6 is 0 Å². The minimum Gasteiger partial charge on any atom is -0.507 e. The molecule has 1 aromatic carbocycles. The summed E-state index contributed by atoms with van der Waals surface area (Å²) >= 11 is 0. The summed E-state index contributed by atoms with van der Waals surface area (Å²) in [5.41, 5.74) is 5.96. The van der Waals surface area contributed by atoms with Crippen LogP contribution in [0.1, 0.15) is 48.7 Å². The van der Waals surface area contributed by atoms with Crippen LogP contribution in [0.5, 0.6) is 5.75 Å². The Labute approximate surface area is 220 Å². The maximum absolute atomic E-state index is 13.8. The molecular formula is C27H33N3O8. The zero-order valence-electron chi connectivity index (χ0n) is 22.0. The highest BCUT2D eigenvalue weighted by atomic mass is 16.7. The lowest BCUT2D eigenvalue weighted by Gasteiger charge is -2.52. The van der Waals surface area contributed by atoms with E-state index in [0.717, 1.165) is 0 Å². The number of rotatable bonds is 5. The van der Waals surface area contributed by atoms with Crippen molar-refractivity contribution in [3.63, 3.8) is 0 Å². The summed E-state index contributed by atoms with van der Waals surface area (Å²) in [6.45, 7) is 9.49. The van der Waals surface area contributed by atoms with Crippen molar-refractivity contribution in [3.8, 4) is 5.75 Å².